The number of ether oxygens (including phenoxy) is 2. The lowest BCUT2D eigenvalue weighted by Gasteiger charge is -2.24. The topological polar surface area (TPSA) is 88.4 Å². The maximum atomic E-state index is 11.8. The van der Waals surface area contributed by atoms with Crippen LogP contribution in [0.4, 0.5) is 4.79 Å². The van der Waals surface area contributed by atoms with E-state index in [4.69, 9.17) is 9.47 Å². The normalized spacial score (nSPS) is 13.8. The van der Waals surface area contributed by atoms with Gasteiger partial charge in [0.2, 0.25) is 0 Å². The average molecular weight is 284 g/mol. The van der Waals surface area contributed by atoms with E-state index in [1.807, 2.05) is 6.07 Å². The second-order valence-corrected chi connectivity index (χ2v) is 5.45. The van der Waals surface area contributed by atoms with Crippen LogP contribution in [0.5, 0.6) is 0 Å². The lowest BCUT2D eigenvalue weighted by atomic mass is 9.83. The van der Waals surface area contributed by atoms with Crippen LogP contribution in [0.2, 0.25) is 0 Å². The number of carbonyl (C=O) groups excluding carboxylic acids is 2. The van der Waals surface area contributed by atoms with E-state index in [9.17, 15) is 14.9 Å². The summed E-state index contributed by atoms with van der Waals surface area (Å²) in [5, 5.41) is 11.8. The van der Waals surface area contributed by atoms with Gasteiger partial charge in [-0.25, -0.2) is 4.79 Å². The fourth-order valence-corrected chi connectivity index (χ4v) is 1.57. The minimum atomic E-state index is -1.22. The molecule has 1 N–H and O–H groups in total. The summed E-state index contributed by atoms with van der Waals surface area (Å²) in [6.45, 7) is 9.11. The standard InChI is InChI=1S/C14H24N2O4/c1-6-14(10-15,11(17)19-7-2)8-9-16-12(18)20-13(3,4)5/h6-9H2,1-5H3,(H,16,18). The molecule has 0 fully saturated rings. The molecule has 0 rings (SSSR count). The molecule has 1 atom stereocenters. The Labute approximate surface area is 120 Å². The van der Waals surface area contributed by atoms with Crippen molar-refractivity contribution >= 4 is 12.1 Å². The van der Waals surface area contributed by atoms with Gasteiger partial charge in [-0.05, 0) is 40.5 Å². The van der Waals surface area contributed by atoms with Gasteiger partial charge in [-0.15, -0.1) is 0 Å². The van der Waals surface area contributed by atoms with Crippen LogP contribution >= 0.6 is 0 Å². The summed E-state index contributed by atoms with van der Waals surface area (Å²) in [6.07, 6.45) is -0.0412. The minimum Gasteiger partial charge on any atom is -0.465 e. The number of hydrogen-bond donors (Lipinski definition) is 1. The van der Waals surface area contributed by atoms with E-state index in [1.165, 1.54) is 0 Å². The zero-order valence-electron chi connectivity index (χ0n) is 12.9. The van der Waals surface area contributed by atoms with E-state index in [0.717, 1.165) is 0 Å². The third kappa shape index (κ3) is 5.91. The molecule has 1 amide bonds. The average Bonchev–Trinajstić information content (AvgIpc) is 2.33. The van der Waals surface area contributed by atoms with Crippen molar-refractivity contribution in [1.29, 1.82) is 5.26 Å². The van der Waals surface area contributed by atoms with Gasteiger partial charge in [0, 0.05) is 6.54 Å². The molecule has 6 nitrogen and oxygen atoms in total. The molecule has 114 valence electrons. The highest BCUT2D eigenvalue weighted by molar-refractivity contribution is 5.80. The first kappa shape index (κ1) is 18.2. The Bertz CT molecular complexity index is 382. The molecule has 0 aromatic rings. The molecule has 0 bridgehead atoms. The molecule has 6 heteroatoms. The molecular weight excluding hydrogens is 260 g/mol. The zero-order chi connectivity index (χ0) is 15.8. The highest BCUT2D eigenvalue weighted by atomic mass is 16.6. The van der Waals surface area contributed by atoms with Crippen LogP contribution in [-0.4, -0.2) is 30.8 Å². The first-order chi connectivity index (χ1) is 9.20. The van der Waals surface area contributed by atoms with Gasteiger partial charge >= 0.3 is 12.1 Å². The fourth-order valence-electron chi connectivity index (χ4n) is 1.57. The number of nitriles is 1. The van der Waals surface area contributed by atoms with Crippen molar-refractivity contribution in [1.82, 2.24) is 5.32 Å². The summed E-state index contributed by atoms with van der Waals surface area (Å²) >= 11 is 0. The van der Waals surface area contributed by atoms with Crippen LogP contribution in [0.25, 0.3) is 0 Å². The van der Waals surface area contributed by atoms with Gasteiger partial charge in [-0.1, -0.05) is 6.92 Å². The summed E-state index contributed by atoms with van der Waals surface area (Å²) in [4.78, 5) is 23.3. The molecule has 0 aromatic heterocycles. The first-order valence-electron chi connectivity index (χ1n) is 6.76. The van der Waals surface area contributed by atoms with Crippen LogP contribution in [0.3, 0.4) is 0 Å². The van der Waals surface area contributed by atoms with Crippen LogP contribution in [0.1, 0.15) is 47.5 Å². The summed E-state index contributed by atoms with van der Waals surface area (Å²) in [7, 11) is 0. The third-order valence-electron chi connectivity index (χ3n) is 2.70. The fraction of sp³-hybridized carbons (Fsp3) is 0.786. The molecule has 0 aliphatic heterocycles. The predicted octanol–water partition coefficient (Wildman–Crippen LogP) is 2.38. The number of nitrogens with one attached hydrogen (secondary N) is 1. The van der Waals surface area contributed by atoms with E-state index >= 15 is 0 Å². The molecule has 0 aliphatic rings. The van der Waals surface area contributed by atoms with Gasteiger partial charge in [0.25, 0.3) is 0 Å². The van der Waals surface area contributed by atoms with Crippen molar-refractivity contribution in [3.8, 4) is 6.07 Å². The minimum absolute atomic E-state index is 0.176. The number of carbonyl (C=O) groups is 2. The molecule has 0 heterocycles. The number of amides is 1. The van der Waals surface area contributed by atoms with Crippen molar-refractivity contribution in [2.24, 2.45) is 5.41 Å². The first-order valence-corrected chi connectivity index (χ1v) is 6.76. The number of nitrogens with zero attached hydrogens (tertiary/aromatic N) is 1. The molecule has 0 saturated carbocycles. The maximum Gasteiger partial charge on any atom is 0.407 e. The van der Waals surface area contributed by atoms with Gasteiger partial charge in [-0.3, -0.25) is 4.79 Å². The lowest BCUT2D eigenvalue weighted by Crippen LogP contribution is -2.38. The maximum absolute atomic E-state index is 11.8. The largest absolute Gasteiger partial charge is 0.465 e. The van der Waals surface area contributed by atoms with E-state index in [2.05, 4.69) is 5.32 Å². The Hall–Kier alpha value is -1.77. The van der Waals surface area contributed by atoms with Crippen molar-refractivity contribution in [2.75, 3.05) is 13.2 Å². The van der Waals surface area contributed by atoms with E-state index in [1.54, 1.807) is 34.6 Å². The highest BCUT2D eigenvalue weighted by Gasteiger charge is 2.38. The predicted molar refractivity (Wildman–Crippen MR) is 73.8 cm³/mol. The van der Waals surface area contributed by atoms with E-state index in [0.29, 0.717) is 6.42 Å². The van der Waals surface area contributed by atoms with Gasteiger partial charge in [0.15, 0.2) is 5.41 Å². The van der Waals surface area contributed by atoms with Crippen LogP contribution in [0, 0.1) is 16.7 Å². The monoisotopic (exact) mass is 284 g/mol. The summed E-state index contributed by atoms with van der Waals surface area (Å²) < 4.78 is 10.0. The molecule has 1 unspecified atom stereocenters. The SMILES string of the molecule is CCOC(=O)C(C#N)(CC)CCNC(=O)OC(C)(C)C. The molecule has 20 heavy (non-hydrogen) atoms. The van der Waals surface area contributed by atoms with Crippen molar-refractivity contribution in [3.05, 3.63) is 0 Å². The Morgan fingerprint density at radius 2 is 1.85 bits per heavy atom. The second-order valence-electron chi connectivity index (χ2n) is 5.45. The van der Waals surface area contributed by atoms with Gasteiger partial charge in [0.1, 0.15) is 5.60 Å². The Kier molecular flexibility index (Phi) is 7.05. The van der Waals surface area contributed by atoms with E-state index in [-0.39, 0.29) is 19.6 Å². The van der Waals surface area contributed by atoms with Crippen molar-refractivity contribution in [3.63, 3.8) is 0 Å². The molecule has 0 aromatic carbocycles. The van der Waals surface area contributed by atoms with E-state index < -0.39 is 23.1 Å². The van der Waals surface area contributed by atoms with Crippen molar-refractivity contribution in [2.45, 2.75) is 53.1 Å². The molecule has 0 spiro atoms. The summed E-state index contributed by atoms with van der Waals surface area (Å²) in [5.74, 6) is -0.545. The zero-order valence-corrected chi connectivity index (χ0v) is 12.9. The molecular formula is C14H24N2O4. The molecule has 0 radical (unpaired) electrons. The number of esters is 1. The molecule has 0 saturated heterocycles. The second kappa shape index (κ2) is 7.73. The Morgan fingerprint density at radius 1 is 1.25 bits per heavy atom. The number of rotatable bonds is 6. The Morgan fingerprint density at radius 3 is 2.25 bits per heavy atom. The molecule has 0 aliphatic carbocycles. The van der Waals surface area contributed by atoms with Gasteiger partial charge in [0.05, 0.1) is 12.7 Å². The summed E-state index contributed by atoms with van der Waals surface area (Å²) in [6, 6.07) is 2.01. The van der Waals surface area contributed by atoms with Crippen LogP contribution in [0.15, 0.2) is 0 Å². The Balaban J connectivity index is 4.48. The lowest BCUT2D eigenvalue weighted by molar-refractivity contribution is -0.152. The smallest absolute Gasteiger partial charge is 0.407 e. The third-order valence-corrected chi connectivity index (χ3v) is 2.70. The number of alkyl carbamates (subject to hydrolysis) is 1. The van der Waals surface area contributed by atoms with Gasteiger partial charge < -0.3 is 14.8 Å². The van der Waals surface area contributed by atoms with Gasteiger partial charge in [-0.2, -0.15) is 5.26 Å². The number of hydrogen-bond acceptors (Lipinski definition) is 5. The quantitative estimate of drug-likeness (QED) is 0.756. The summed E-state index contributed by atoms with van der Waals surface area (Å²) in [5.41, 5.74) is -1.80. The van der Waals surface area contributed by atoms with Crippen molar-refractivity contribution < 1.29 is 19.1 Å². The van der Waals surface area contributed by atoms with Crippen LogP contribution in [-0.2, 0) is 14.3 Å². The highest BCUT2D eigenvalue weighted by Crippen LogP contribution is 2.27. The van der Waals surface area contributed by atoms with Crippen LogP contribution < -0.4 is 5.32 Å².